The van der Waals surface area contributed by atoms with Crippen molar-refractivity contribution in [2.75, 3.05) is 4.72 Å². The van der Waals surface area contributed by atoms with E-state index in [1.807, 2.05) is 13.0 Å². The third-order valence-electron chi connectivity index (χ3n) is 4.83. The third kappa shape index (κ3) is 6.06. The van der Waals surface area contributed by atoms with Gasteiger partial charge in [-0.15, -0.1) is 0 Å². The number of aryl methyl sites for hydroxylation is 2. The summed E-state index contributed by atoms with van der Waals surface area (Å²) in [5, 5.41) is 2.41. The van der Waals surface area contributed by atoms with E-state index < -0.39 is 27.7 Å². The minimum absolute atomic E-state index is 0.00675. The summed E-state index contributed by atoms with van der Waals surface area (Å²) < 4.78 is 67.0. The van der Waals surface area contributed by atoms with Crippen molar-refractivity contribution in [2.45, 2.75) is 31.5 Å². The van der Waals surface area contributed by atoms with Crippen LogP contribution in [0.25, 0.3) is 0 Å². The monoisotopic (exact) mass is 496 g/mol. The van der Waals surface area contributed by atoms with Gasteiger partial charge in [-0.2, -0.15) is 13.2 Å². The number of hydrogen-bond donors (Lipinski definition) is 2. The molecule has 3 aromatic carbocycles. The van der Waals surface area contributed by atoms with E-state index >= 15 is 0 Å². The van der Waals surface area contributed by atoms with E-state index in [0.717, 1.165) is 23.8 Å². The topological polar surface area (TPSA) is 75.3 Å². The van der Waals surface area contributed by atoms with Crippen molar-refractivity contribution in [3.8, 4) is 0 Å². The van der Waals surface area contributed by atoms with Crippen LogP contribution < -0.4 is 10.0 Å². The second-order valence-electron chi connectivity index (χ2n) is 7.45. The second-order valence-corrected chi connectivity index (χ2v) is 9.51. The van der Waals surface area contributed by atoms with E-state index in [9.17, 15) is 26.4 Å². The van der Waals surface area contributed by atoms with Crippen LogP contribution in [0.5, 0.6) is 0 Å². The first-order valence-corrected chi connectivity index (χ1v) is 11.6. The first kappa shape index (κ1) is 24.6. The maximum Gasteiger partial charge on any atom is 0.416 e. The summed E-state index contributed by atoms with van der Waals surface area (Å²) in [6, 6.07) is 13.6. The summed E-state index contributed by atoms with van der Waals surface area (Å²) in [5.41, 5.74) is 1.35. The number of alkyl halides is 3. The molecule has 0 saturated carbocycles. The molecule has 0 fully saturated rings. The van der Waals surface area contributed by atoms with Gasteiger partial charge in [0.1, 0.15) is 4.90 Å². The zero-order chi connectivity index (χ0) is 24.4. The van der Waals surface area contributed by atoms with E-state index in [1.54, 1.807) is 19.1 Å². The lowest BCUT2D eigenvalue weighted by atomic mass is 10.1. The van der Waals surface area contributed by atoms with Gasteiger partial charge in [0.15, 0.2) is 0 Å². The zero-order valence-electron chi connectivity index (χ0n) is 17.6. The summed E-state index contributed by atoms with van der Waals surface area (Å²) in [7, 11) is -4.12. The maximum atomic E-state index is 12.9. The molecule has 33 heavy (non-hydrogen) atoms. The smallest absolute Gasteiger partial charge is 0.348 e. The van der Waals surface area contributed by atoms with Gasteiger partial charge in [-0.3, -0.25) is 9.52 Å². The number of amides is 1. The number of anilines is 1. The molecule has 0 unspecified atom stereocenters. The number of sulfonamides is 1. The van der Waals surface area contributed by atoms with Crippen LogP contribution in [-0.4, -0.2) is 14.3 Å². The lowest BCUT2D eigenvalue weighted by molar-refractivity contribution is -0.137. The Morgan fingerprint density at radius 1 is 1.00 bits per heavy atom. The highest BCUT2D eigenvalue weighted by molar-refractivity contribution is 7.92. The van der Waals surface area contributed by atoms with Gasteiger partial charge in [-0.1, -0.05) is 35.9 Å². The van der Waals surface area contributed by atoms with E-state index in [2.05, 4.69) is 10.0 Å². The fraction of sp³-hybridized carbons (Fsp3) is 0.174. The number of nitrogens with one attached hydrogen (secondary N) is 2. The van der Waals surface area contributed by atoms with Crippen molar-refractivity contribution in [3.63, 3.8) is 0 Å². The van der Waals surface area contributed by atoms with E-state index in [1.165, 1.54) is 24.3 Å². The van der Waals surface area contributed by atoms with E-state index in [4.69, 9.17) is 11.6 Å². The van der Waals surface area contributed by atoms with Crippen LogP contribution in [0.15, 0.2) is 65.6 Å². The zero-order valence-corrected chi connectivity index (χ0v) is 19.2. The molecule has 1 amide bonds. The Bertz CT molecular complexity index is 1310. The Kier molecular flexibility index (Phi) is 7.04. The van der Waals surface area contributed by atoms with Crippen molar-refractivity contribution in [3.05, 3.63) is 93.5 Å². The Balaban J connectivity index is 1.81. The second kappa shape index (κ2) is 9.44. The largest absolute Gasteiger partial charge is 0.416 e. The highest BCUT2D eigenvalue weighted by atomic mass is 35.5. The van der Waals surface area contributed by atoms with Gasteiger partial charge in [0.05, 0.1) is 16.3 Å². The van der Waals surface area contributed by atoms with Crippen molar-refractivity contribution < 1.29 is 26.4 Å². The lowest BCUT2D eigenvalue weighted by Gasteiger charge is -2.14. The summed E-state index contributed by atoms with van der Waals surface area (Å²) in [4.78, 5) is 12.3. The molecule has 0 aromatic heterocycles. The Morgan fingerprint density at radius 2 is 1.73 bits per heavy atom. The highest BCUT2D eigenvalue weighted by Gasteiger charge is 2.30. The molecule has 3 aromatic rings. The molecule has 0 aliphatic heterocycles. The van der Waals surface area contributed by atoms with Crippen LogP contribution in [0.2, 0.25) is 5.02 Å². The summed E-state index contributed by atoms with van der Waals surface area (Å²) >= 11 is 6.10. The van der Waals surface area contributed by atoms with Crippen molar-refractivity contribution in [2.24, 2.45) is 0 Å². The molecule has 0 radical (unpaired) electrons. The van der Waals surface area contributed by atoms with Crippen LogP contribution in [0.3, 0.4) is 0 Å². The number of halogens is 4. The Labute approximate surface area is 194 Å². The molecule has 0 bridgehead atoms. The molecular weight excluding hydrogens is 477 g/mol. The maximum absolute atomic E-state index is 12.9. The molecular formula is C23H20ClF3N2O3S. The van der Waals surface area contributed by atoms with Gasteiger partial charge in [-0.05, 0) is 66.9 Å². The van der Waals surface area contributed by atoms with E-state index in [-0.39, 0.29) is 27.6 Å². The van der Waals surface area contributed by atoms with Crippen LogP contribution >= 0.6 is 11.6 Å². The standard InChI is InChI=1S/C23H20ClF3N2O3S/c1-14-6-7-15(2)20(10-14)29-33(31,32)21-12-17(8-9-19(21)24)22(30)28-13-16-4-3-5-18(11-16)23(25,26)27/h3-12,29H,13H2,1-2H3,(H,28,30). The number of carbonyl (C=O) groups excluding carboxylic acids is 1. The van der Waals surface area contributed by atoms with Crippen LogP contribution in [0, 0.1) is 13.8 Å². The normalized spacial score (nSPS) is 11.8. The van der Waals surface area contributed by atoms with Crippen molar-refractivity contribution >= 4 is 33.2 Å². The van der Waals surface area contributed by atoms with Crippen LogP contribution in [0.4, 0.5) is 18.9 Å². The summed E-state index contributed by atoms with van der Waals surface area (Å²) in [6.45, 7) is 3.39. The molecule has 0 aliphatic carbocycles. The average Bonchev–Trinajstić information content (AvgIpc) is 2.74. The van der Waals surface area contributed by atoms with E-state index in [0.29, 0.717) is 11.3 Å². The van der Waals surface area contributed by atoms with Crippen molar-refractivity contribution in [1.82, 2.24) is 5.32 Å². The van der Waals surface area contributed by atoms with Crippen LogP contribution in [0.1, 0.15) is 32.6 Å². The molecule has 0 heterocycles. The molecule has 174 valence electrons. The summed E-state index contributed by atoms with van der Waals surface area (Å²) in [5.74, 6) is -0.660. The number of carbonyl (C=O) groups is 1. The predicted molar refractivity (Wildman–Crippen MR) is 121 cm³/mol. The molecule has 0 atom stereocenters. The molecule has 0 aliphatic rings. The van der Waals surface area contributed by atoms with Gasteiger partial charge >= 0.3 is 6.18 Å². The summed E-state index contributed by atoms with van der Waals surface area (Å²) in [6.07, 6.45) is -4.50. The van der Waals surface area contributed by atoms with Crippen molar-refractivity contribution in [1.29, 1.82) is 0 Å². The fourth-order valence-electron chi connectivity index (χ4n) is 3.04. The van der Waals surface area contributed by atoms with Gasteiger partial charge in [0, 0.05) is 12.1 Å². The first-order chi connectivity index (χ1) is 15.4. The number of benzene rings is 3. The minimum Gasteiger partial charge on any atom is -0.348 e. The minimum atomic E-state index is -4.50. The highest BCUT2D eigenvalue weighted by Crippen LogP contribution is 2.30. The van der Waals surface area contributed by atoms with Gasteiger partial charge in [-0.25, -0.2) is 8.42 Å². The molecule has 5 nitrogen and oxygen atoms in total. The Hall–Kier alpha value is -3.04. The molecule has 0 spiro atoms. The fourth-order valence-corrected chi connectivity index (χ4v) is 4.69. The number of hydrogen-bond acceptors (Lipinski definition) is 3. The molecule has 10 heteroatoms. The third-order valence-corrected chi connectivity index (χ3v) is 6.67. The Morgan fingerprint density at radius 3 is 2.42 bits per heavy atom. The predicted octanol–water partition coefficient (Wildman–Crippen LogP) is 5.71. The molecule has 0 saturated heterocycles. The molecule has 2 N–H and O–H groups in total. The van der Waals surface area contributed by atoms with Gasteiger partial charge < -0.3 is 5.32 Å². The number of rotatable bonds is 6. The quantitative estimate of drug-likeness (QED) is 0.459. The molecule has 3 rings (SSSR count). The van der Waals surface area contributed by atoms with Crippen LogP contribution in [-0.2, 0) is 22.7 Å². The SMILES string of the molecule is Cc1ccc(C)c(NS(=O)(=O)c2cc(C(=O)NCc3cccc(C(F)(F)F)c3)ccc2Cl)c1. The first-order valence-electron chi connectivity index (χ1n) is 9.71. The average molecular weight is 497 g/mol. The van der Waals surface area contributed by atoms with Gasteiger partial charge in [0.2, 0.25) is 0 Å². The lowest BCUT2D eigenvalue weighted by Crippen LogP contribution is -2.23. The van der Waals surface area contributed by atoms with Gasteiger partial charge in [0.25, 0.3) is 15.9 Å².